The molecule has 9 heteroatoms. The van der Waals surface area contributed by atoms with Gasteiger partial charge in [-0.2, -0.15) is 0 Å². The van der Waals surface area contributed by atoms with E-state index in [0.29, 0.717) is 22.4 Å². The van der Waals surface area contributed by atoms with Crippen molar-refractivity contribution in [2.24, 2.45) is 5.41 Å². The van der Waals surface area contributed by atoms with Crippen LogP contribution in [0.15, 0.2) is 47.4 Å². The Morgan fingerprint density at radius 3 is 2.26 bits per heavy atom. The number of carboxylic acids is 1. The van der Waals surface area contributed by atoms with Crippen molar-refractivity contribution in [3.63, 3.8) is 0 Å². The molecule has 1 heterocycles. The average molecular weight is 486 g/mol. The first-order valence-electron chi connectivity index (χ1n) is 11.5. The SMILES string of the molecule is CC(C)(C)NS(=O)(=O)c1cccc(NC(=O)c2ccc(C(=O)O)cc2N2CCC3(CC2)CC3)c1. The highest BCUT2D eigenvalue weighted by Crippen LogP contribution is 2.54. The van der Waals surface area contributed by atoms with E-state index < -0.39 is 27.4 Å². The fourth-order valence-electron chi connectivity index (χ4n) is 4.42. The lowest BCUT2D eigenvalue weighted by Gasteiger charge is -2.35. The van der Waals surface area contributed by atoms with E-state index >= 15 is 0 Å². The summed E-state index contributed by atoms with van der Waals surface area (Å²) in [6.45, 7) is 6.81. The molecule has 2 aromatic carbocycles. The van der Waals surface area contributed by atoms with E-state index in [1.54, 1.807) is 39.0 Å². The number of rotatable bonds is 6. The summed E-state index contributed by atoms with van der Waals surface area (Å²) in [6.07, 6.45) is 4.55. The van der Waals surface area contributed by atoms with Crippen LogP contribution in [0.2, 0.25) is 0 Å². The Hall–Kier alpha value is -2.91. The van der Waals surface area contributed by atoms with Gasteiger partial charge < -0.3 is 15.3 Å². The minimum Gasteiger partial charge on any atom is -0.478 e. The maximum Gasteiger partial charge on any atom is 0.335 e. The molecular weight excluding hydrogens is 454 g/mol. The van der Waals surface area contributed by atoms with Gasteiger partial charge in [0.05, 0.1) is 21.7 Å². The molecule has 0 bridgehead atoms. The van der Waals surface area contributed by atoms with Crippen molar-refractivity contribution in [3.8, 4) is 0 Å². The Kier molecular flexibility index (Phi) is 6.20. The lowest BCUT2D eigenvalue weighted by molar-refractivity contribution is 0.0696. The van der Waals surface area contributed by atoms with Crippen LogP contribution < -0.4 is 14.9 Å². The van der Waals surface area contributed by atoms with Crippen LogP contribution in [-0.2, 0) is 10.0 Å². The first kappa shape index (κ1) is 24.2. The minimum absolute atomic E-state index is 0.0486. The molecule has 1 spiro atoms. The number of nitrogens with zero attached hydrogens (tertiary/aromatic N) is 1. The number of carbonyl (C=O) groups excluding carboxylic acids is 1. The van der Waals surface area contributed by atoms with Gasteiger partial charge in [0.15, 0.2) is 0 Å². The highest BCUT2D eigenvalue weighted by atomic mass is 32.2. The van der Waals surface area contributed by atoms with E-state index in [2.05, 4.69) is 14.9 Å². The molecule has 34 heavy (non-hydrogen) atoms. The third kappa shape index (κ3) is 5.42. The van der Waals surface area contributed by atoms with Gasteiger partial charge in [-0.3, -0.25) is 4.79 Å². The zero-order valence-electron chi connectivity index (χ0n) is 19.7. The van der Waals surface area contributed by atoms with Gasteiger partial charge in [-0.05, 0) is 88.3 Å². The predicted molar refractivity (Wildman–Crippen MR) is 131 cm³/mol. The second-order valence-electron chi connectivity index (χ2n) is 10.4. The number of benzene rings is 2. The lowest BCUT2D eigenvalue weighted by atomic mass is 9.92. The molecule has 1 saturated heterocycles. The highest BCUT2D eigenvalue weighted by Gasteiger charge is 2.44. The summed E-state index contributed by atoms with van der Waals surface area (Å²) in [6, 6.07) is 10.6. The number of anilines is 2. The number of hydrogen-bond donors (Lipinski definition) is 3. The number of sulfonamides is 1. The topological polar surface area (TPSA) is 116 Å². The zero-order chi connectivity index (χ0) is 24.7. The molecule has 0 radical (unpaired) electrons. The number of piperidine rings is 1. The van der Waals surface area contributed by atoms with Crippen molar-refractivity contribution in [1.82, 2.24) is 4.72 Å². The quantitative estimate of drug-likeness (QED) is 0.568. The van der Waals surface area contributed by atoms with E-state index in [1.165, 1.54) is 37.1 Å². The normalized spacial score (nSPS) is 17.4. The Morgan fingerprint density at radius 2 is 1.68 bits per heavy atom. The van der Waals surface area contributed by atoms with Crippen LogP contribution in [0.3, 0.4) is 0 Å². The van der Waals surface area contributed by atoms with E-state index in [1.807, 2.05) is 0 Å². The van der Waals surface area contributed by atoms with Gasteiger partial charge in [0.1, 0.15) is 0 Å². The van der Waals surface area contributed by atoms with Gasteiger partial charge in [0, 0.05) is 24.3 Å². The molecule has 1 aliphatic carbocycles. The molecule has 1 amide bonds. The van der Waals surface area contributed by atoms with E-state index in [0.717, 1.165) is 25.9 Å². The van der Waals surface area contributed by atoms with Crippen LogP contribution in [0.1, 0.15) is 67.2 Å². The third-order valence-corrected chi connectivity index (χ3v) is 8.21. The van der Waals surface area contributed by atoms with Gasteiger partial charge in [-0.1, -0.05) is 6.07 Å². The Balaban J connectivity index is 1.59. The van der Waals surface area contributed by atoms with Crippen molar-refractivity contribution >= 4 is 33.3 Å². The van der Waals surface area contributed by atoms with Crippen molar-refractivity contribution in [1.29, 1.82) is 0 Å². The lowest BCUT2D eigenvalue weighted by Crippen LogP contribution is -2.40. The molecule has 8 nitrogen and oxygen atoms in total. The third-order valence-electron chi connectivity index (χ3n) is 6.45. The second kappa shape index (κ2) is 8.70. The molecule has 182 valence electrons. The predicted octanol–water partition coefficient (Wildman–Crippen LogP) is 4.09. The number of hydrogen-bond acceptors (Lipinski definition) is 5. The average Bonchev–Trinajstić information content (AvgIpc) is 3.51. The molecule has 2 fully saturated rings. The van der Waals surface area contributed by atoms with Gasteiger partial charge in [-0.25, -0.2) is 17.9 Å². The summed E-state index contributed by atoms with van der Waals surface area (Å²) in [4.78, 5) is 26.9. The standard InChI is InChI=1S/C25H31N3O5S/c1-24(2,3)27-34(32,33)19-6-4-5-18(16-19)26-22(29)20-8-7-17(23(30)31)15-21(20)28-13-11-25(9-10-25)12-14-28/h4-8,15-16,27H,9-14H2,1-3H3,(H,26,29)(H,30,31). The van der Waals surface area contributed by atoms with Gasteiger partial charge >= 0.3 is 5.97 Å². The van der Waals surface area contributed by atoms with Gasteiger partial charge in [-0.15, -0.1) is 0 Å². The van der Waals surface area contributed by atoms with Gasteiger partial charge in [0.25, 0.3) is 5.91 Å². The zero-order valence-corrected chi connectivity index (χ0v) is 20.5. The van der Waals surface area contributed by atoms with Crippen LogP contribution >= 0.6 is 0 Å². The number of nitrogens with one attached hydrogen (secondary N) is 2. The largest absolute Gasteiger partial charge is 0.478 e. The summed E-state index contributed by atoms with van der Waals surface area (Å²) < 4.78 is 28.0. The summed E-state index contributed by atoms with van der Waals surface area (Å²) in [5, 5.41) is 12.3. The Bertz CT molecular complexity index is 1220. The second-order valence-corrected chi connectivity index (χ2v) is 12.0. The van der Waals surface area contributed by atoms with Crippen LogP contribution in [0.5, 0.6) is 0 Å². The van der Waals surface area contributed by atoms with Crippen LogP contribution in [0, 0.1) is 5.41 Å². The van der Waals surface area contributed by atoms with Crippen molar-refractivity contribution < 1.29 is 23.1 Å². The number of carbonyl (C=O) groups is 2. The van der Waals surface area contributed by atoms with Crippen LogP contribution in [-0.4, -0.2) is 44.0 Å². The molecular formula is C25H31N3O5S. The maximum atomic E-state index is 13.2. The molecule has 2 aromatic rings. The number of aromatic carboxylic acids is 1. The number of amides is 1. The van der Waals surface area contributed by atoms with E-state index in [9.17, 15) is 23.1 Å². The molecule has 4 rings (SSSR count). The monoisotopic (exact) mass is 485 g/mol. The van der Waals surface area contributed by atoms with Gasteiger partial charge in [0.2, 0.25) is 10.0 Å². The Morgan fingerprint density at radius 1 is 1.00 bits per heavy atom. The van der Waals surface area contributed by atoms with Crippen molar-refractivity contribution in [3.05, 3.63) is 53.6 Å². The first-order valence-corrected chi connectivity index (χ1v) is 12.9. The summed E-state index contributed by atoms with van der Waals surface area (Å²) in [5.74, 6) is -1.47. The fourth-order valence-corrected chi connectivity index (χ4v) is 5.88. The summed E-state index contributed by atoms with van der Waals surface area (Å²) in [7, 11) is -3.76. The molecule has 0 unspecified atom stereocenters. The molecule has 1 aliphatic heterocycles. The van der Waals surface area contributed by atoms with Crippen LogP contribution in [0.4, 0.5) is 11.4 Å². The van der Waals surface area contributed by atoms with Crippen molar-refractivity contribution in [2.45, 2.75) is 56.9 Å². The molecule has 2 aliphatic rings. The number of carboxylic acid groups (broad SMARTS) is 1. The van der Waals surface area contributed by atoms with E-state index in [-0.39, 0.29) is 10.5 Å². The molecule has 0 atom stereocenters. The maximum absolute atomic E-state index is 13.2. The Labute approximate surface area is 200 Å². The fraction of sp³-hybridized carbons (Fsp3) is 0.440. The van der Waals surface area contributed by atoms with Crippen LogP contribution in [0.25, 0.3) is 0 Å². The minimum atomic E-state index is -3.76. The first-order chi connectivity index (χ1) is 15.9. The molecule has 1 saturated carbocycles. The molecule has 3 N–H and O–H groups in total. The summed E-state index contributed by atoms with van der Waals surface area (Å²) >= 11 is 0. The highest BCUT2D eigenvalue weighted by molar-refractivity contribution is 7.89. The van der Waals surface area contributed by atoms with E-state index in [4.69, 9.17) is 0 Å². The van der Waals surface area contributed by atoms with Crippen molar-refractivity contribution in [2.75, 3.05) is 23.3 Å². The molecule has 0 aromatic heterocycles. The smallest absolute Gasteiger partial charge is 0.335 e. The summed E-state index contributed by atoms with van der Waals surface area (Å²) in [5.41, 5.74) is 1.21.